The molecule has 1 aromatic rings. The number of carbonyl (C=O) groups excluding carboxylic acids is 2. The Balaban J connectivity index is 1.81. The molecule has 0 radical (unpaired) electrons. The Hall–Kier alpha value is -1.88. The Bertz CT molecular complexity index is 623. The molecule has 5 nitrogen and oxygen atoms in total. The number of rotatable bonds is 4. The van der Waals surface area contributed by atoms with Crippen molar-refractivity contribution in [2.75, 3.05) is 25.0 Å². The van der Waals surface area contributed by atoms with Gasteiger partial charge >= 0.3 is 0 Å². The maximum Gasteiger partial charge on any atom is 0.256 e. The predicted molar refractivity (Wildman–Crippen MR) is 94.8 cm³/mol. The van der Waals surface area contributed by atoms with Gasteiger partial charge in [0.15, 0.2) is 0 Å². The summed E-state index contributed by atoms with van der Waals surface area (Å²) in [6.45, 7) is 4.08. The molecule has 3 rings (SSSR count). The number of aryl methyl sites for hydroxylation is 1. The fourth-order valence-electron chi connectivity index (χ4n) is 4.02. The summed E-state index contributed by atoms with van der Waals surface area (Å²) in [5.41, 5.74) is 7.98. The van der Waals surface area contributed by atoms with Crippen molar-refractivity contribution in [3.8, 4) is 0 Å². The van der Waals surface area contributed by atoms with Crippen LogP contribution >= 0.6 is 0 Å². The standard InChI is InChI=1S/C19H27N3O2/c1-13-6-4-9-16(17(13)19(24)22-10-2-3-11-22)21-18(23)15-8-5-7-14(15)12-20/h4,6,9,14-15H,2-3,5,7-8,10-12,20H2,1H3,(H,21,23)/t14-,15-/m1/s1. The van der Waals surface area contributed by atoms with Gasteiger partial charge in [0.05, 0.1) is 11.3 Å². The van der Waals surface area contributed by atoms with E-state index in [1.807, 2.05) is 30.0 Å². The Morgan fingerprint density at radius 3 is 2.67 bits per heavy atom. The maximum atomic E-state index is 12.9. The Kier molecular flexibility index (Phi) is 5.19. The van der Waals surface area contributed by atoms with Crippen LogP contribution in [0.1, 0.15) is 48.0 Å². The van der Waals surface area contributed by atoms with Gasteiger partial charge in [0.1, 0.15) is 0 Å². The number of nitrogens with two attached hydrogens (primary N) is 1. The summed E-state index contributed by atoms with van der Waals surface area (Å²) in [5.74, 6) is 0.254. The molecule has 2 fully saturated rings. The number of hydrogen-bond donors (Lipinski definition) is 2. The smallest absolute Gasteiger partial charge is 0.256 e. The number of benzene rings is 1. The quantitative estimate of drug-likeness (QED) is 0.891. The van der Waals surface area contributed by atoms with Crippen LogP contribution in [-0.4, -0.2) is 36.3 Å². The fourth-order valence-corrected chi connectivity index (χ4v) is 4.02. The number of hydrogen-bond acceptors (Lipinski definition) is 3. The van der Waals surface area contributed by atoms with Crippen molar-refractivity contribution < 1.29 is 9.59 Å². The second-order valence-electron chi connectivity index (χ2n) is 7.02. The lowest BCUT2D eigenvalue weighted by molar-refractivity contribution is -0.120. The lowest BCUT2D eigenvalue weighted by Crippen LogP contribution is -2.32. The molecule has 1 saturated carbocycles. The van der Waals surface area contributed by atoms with Crippen LogP contribution in [0.15, 0.2) is 18.2 Å². The molecule has 0 aromatic heterocycles. The van der Waals surface area contributed by atoms with Crippen molar-refractivity contribution in [1.82, 2.24) is 4.90 Å². The molecule has 1 aliphatic heterocycles. The van der Waals surface area contributed by atoms with Crippen molar-refractivity contribution in [2.24, 2.45) is 17.6 Å². The Labute approximate surface area is 143 Å². The Morgan fingerprint density at radius 1 is 1.21 bits per heavy atom. The third-order valence-electron chi connectivity index (χ3n) is 5.44. The van der Waals surface area contributed by atoms with Gasteiger partial charge in [-0.3, -0.25) is 9.59 Å². The predicted octanol–water partition coefficient (Wildman–Crippen LogP) is 2.54. The monoisotopic (exact) mass is 329 g/mol. The van der Waals surface area contributed by atoms with Crippen LogP contribution in [0.3, 0.4) is 0 Å². The minimum Gasteiger partial charge on any atom is -0.339 e. The van der Waals surface area contributed by atoms with Crippen molar-refractivity contribution in [3.63, 3.8) is 0 Å². The number of carbonyl (C=O) groups is 2. The summed E-state index contributed by atoms with van der Waals surface area (Å²) in [6, 6.07) is 5.65. The van der Waals surface area contributed by atoms with E-state index in [4.69, 9.17) is 5.73 Å². The molecule has 3 N–H and O–H groups in total. The van der Waals surface area contributed by atoms with Gasteiger partial charge in [-0.15, -0.1) is 0 Å². The minimum absolute atomic E-state index is 0.00372. The zero-order chi connectivity index (χ0) is 17.1. The third-order valence-corrected chi connectivity index (χ3v) is 5.44. The molecular weight excluding hydrogens is 302 g/mol. The summed E-state index contributed by atoms with van der Waals surface area (Å²) in [6.07, 6.45) is 5.06. The van der Waals surface area contributed by atoms with E-state index in [2.05, 4.69) is 5.32 Å². The average Bonchev–Trinajstić information content (AvgIpc) is 3.25. The van der Waals surface area contributed by atoms with Crippen molar-refractivity contribution >= 4 is 17.5 Å². The van der Waals surface area contributed by atoms with Crippen molar-refractivity contribution in [2.45, 2.75) is 39.0 Å². The topological polar surface area (TPSA) is 75.4 Å². The number of amides is 2. The van der Waals surface area contributed by atoms with Crippen LogP contribution in [0.5, 0.6) is 0 Å². The highest BCUT2D eigenvalue weighted by Gasteiger charge is 2.33. The molecule has 1 aliphatic carbocycles. The van der Waals surface area contributed by atoms with E-state index in [1.54, 1.807) is 0 Å². The summed E-state index contributed by atoms with van der Waals surface area (Å²) >= 11 is 0. The van der Waals surface area contributed by atoms with E-state index in [9.17, 15) is 9.59 Å². The second-order valence-corrected chi connectivity index (χ2v) is 7.02. The molecule has 0 spiro atoms. The average molecular weight is 329 g/mol. The van der Waals surface area contributed by atoms with Gasteiger partial charge in [0, 0.05) is 19.0 Å². The SMILES string of the molecule is Cc1cccc(NC(=O)[C@@H]2CCC[C@@H]2CN)c1C(=O)N1CCCC1. The van der Waals surface area contributed by atoms with Crippen LogP contribution in [0, 0.1) is 18.8 Å². The first-order valence-electron chi connectivity index (χ1n) is 9.01. The van der Waals surface area contributed by atoms with Crippen LogP contribution in [0.4, 0.5) is 5.69 Å². The Morgan fingerprint density at radius 2 is 1.96 bits per heavy atom. The first kappa shape index (κ1) is 17.0. The molecule has 1 heterocycles. The van der Waals surface area contributed by atoms with Crippen molar-refractivity contribution in [3.05, 3.63) is 29.3 Å². The molecule has 2 aliphatic rings. The molecule has 0 unspecified atom stereocenters. The number of nitrogens with one attached hydrogen (secondary N) is 1. The molecule has 1 saturated heterocycles. The molecule has 0 bridgehead atoms. The maximum absolute atomic E-state index is 12.9. The molecular formula is C19H27N3O2. The highest BCUT2D eigenvalue weighted by atomic mass is 16.2. The van der Waals surface area contributed by atoms with Gasteiger partial charge in [-0.25, -0.2) is 0 Å². The number of likely N-dealkylation sites (tertiary alicyclic amines) is 1. The highest BCUT2D eigenvalue weighted by Crippen LogP contribution is 2.32. The van der Waals surface area contributed by atoms with Crippen molar-refractivity contribution in [1.29, 1.82) is 0 Å². The normalized spacial score (nSPS) is 23.5. The lowest BCUT2D eigenvalue weighted by Gasteiger charge is -2.22. The van der Waals surface area contributed by atoms with Crippen LogP contribution in [0.25, 0.3) is 0 Å². The molecule has 130 valence electrons. The van der Waals surface area contributed by atoms with Gasteiger partial charge in [-0.2, -0.15) is 0 Å². The third kappa shape index (κ3) is 3.31. The zero-order valence-electron chi connectivity index (χ0n) is 14.4. The summed E-state index contributed by atoms with van der Waals surface area (Å²) in [7, 11) is 0. The van der Waals surface area contributed by atoms with Crippen LogP contribution in [0.2, 0.25) is 0 Å². The first-order chi connectivity index (χ1) is 11.6. The first-order valence-corrected chi connectivity index (χ1v) is 9.01. The van der Waals surface area contributed by atoms with Gasteiger partial charge in [0.25, 0.3) is 5.91 Å². The van der Waals surface area contributed by atoms with Gasteiger partial charge in [0.2, 0.25) is 5.91 Å². The van der Waals surface area contributed by atoms with Gasteiger partial charge < -0.3 is 16.0 Å². The molecule has 5 heteroatoms. The van der Waals surface area contributed by atoms with Crippen LogP contribution in [-0.2, 0) is 4.79 Å². The van der Waals surface area contributed by atoms with E-state index in [0.717, 1.165) is 50.8 Å². The zero-order valence-corrected chi connectivity index (χ0v) is 14.4. The van der Waals surface area contributed by atoms with Crippen LogP contribution < -0.4 is 11.1 Å². The van der Waals surface area contributed by atoms with E-state index < -0.39 is 0 Å². The summed E-state index contributed by atoms with van der Waals surface area (Å²) < 4.78 is 0. The van der Waals surface area contributed by atoms with E-state index in [1.165, 1.54) is 0 Å². The summed E-state index contributed by atoms with van der Waals surface area (Å²) in [5, 5.41) is 3.02. The van der Waals surface area contributed by atoms with E-state index >= 15 is 0 Å². The fraction of sp³-hybridized carbons (Fsp3) is 0.579. The highest BCUT2D eigenvalue weighted by molar-refractivity contribution is 6.05. The number of anilines is 1. The lowest BCUT2D eigenvalue weighted by atomic mass is 9.95. The van der Waals surface area contributed by atoms with Gasteiger partial charge in [-0.05, 0) is 56.7 Å². The molecule has 2 atom stereocenters. The molecule has 1 aromatic carbocycles. The molecule has 2 amide bonds. The minimum atomic E-state index is -0.0368. The van der Waals surface area contributed by atoms with E-state index in [0.29, 0.717) is 17.8 Å². The second kappa shape index (κ2) is 7.34. The molecule has 24 heavy (non-hydrogen) atoms. The largest absolute Gasteiger partial charge is 0.339 e. The summed E-state index contributed by atoms with van der Waals surface area (Å²) in [4.78, 5) is 27.5. The van der Waals surface area contributed by atoms with Gasteiger partial charge in [-0.1, -0.05) is 18.6 Å². The number of nitrogens with zero attached hydrogens (tertiary/aromatic N) is 1. The van der Waals surface area contributed by atoms with E-state index in [-0.39, 0.29) is 23.7 Å².